The fourth-order valence-electron chi connectivity index (χ4n) is 1.21. The standard InChI is InChI=1S/C8H9ClN4O2S/c1-6(4-9)16(14,15)8-7-12-11-5-13(7)3-2-10-8/h2-3,5-6H,4H2,1H3. The van der Waals surface area contributed by atoms with Gasteiger partial charge in [0.2, 0.25) is 14.9 Å². The summed E-state index contributed by atoms with van der Waals surface area (Å²) >= 11 is 5.56. The van der Waals surface area contributed by atoms with Crippen LogP contribution in [0.15, 0.2) is 23.7 Å². The average Bonchev–Trinajstić information content (AvgIpc) is 2.75. The van der Waals surface area contributed by atoms with E-state index in [2.05, 4.69) is 15.2 Å². The molecule has 0 aliphatic carbocycles. The Labute approximate surface area is 97.2 Å². The summed E-state index contributed by atoms with van der Waals surface area (Å²) in [6, 6.07) is 0. The summed E-state index contributed by atoms with van der Waals surface area (Å²) in [4.78, 5) is 3.85. The molecule has 0 saturated carbocycles. The second-order valence-corrected chi connectivity index (χ2v) is 5.89. The van der Waals surface area contributed by atoms with Crippen LogP contribution in [0.1, 0.15) is 6.92 Å². The lowest BCUT2D eigenvalue weighted by molar-refractivity contribution is 0.584. The van der Waals surface area contributed by atoms with Crippen molar-refractivity contribution in [3.63, 3.8) is 0 Å². The number of nitrogens with zero attached hydrogens (tertiary/aromatic N) is 4. The molecule has 2 aromatic heterocycles. The first-order valence-electron chi connectivity index (χ1n) is 4.51. The van der Waals surface area contributed by atoms with Gasteiger partial charge in [-0.2, -0.15) is 0 Å². The fraction of sp³-hybridized carbons (Fsp3) is 0.375. The Morgan fingerprint density at radius 1 is 1.56 bits per heavy atom. The molecule has 2 rings (SSSR count). The van der Waals surface area contributed by atoms with Gasteiger partial charge in [-0.05, 0) is 6.92 Å². The van der Waals surface area contributed by atoms with Crippen molar-refractivity contribution in [2.24, 2.45) is 0 Å². The molecule has 0 aromatic carbocycles. The monoisotopic (exact) mass is 260 g/mol. The number of aromatic nitrogens is 4. The van der Waals surface area contributed by atoms with Gasteiger partial charge in [-0.3, -0.25) is 4.40 Å². The molecule has 0 radical (unpaired) electrons. The third-order valence-corrected chi connectivity index (χ3v) is 4.90. The number of halogens is 1. The maximum atomic E-state index is 12.0. The molecule has 0 aliphatic heterocycles. The van der Waals surface area contributed by atoms with Gasteiger partial charge in [-0.15, -0.1) is 21.8 Å². The smallest absolute Gasteiger partial charge is 0.203 e. The zero-order chi connectivity index (χ0) is 11.8. The third-order valence-electron chi connectivity index (χ3n) is 2.20. The molecule has 8 heteroatoms. The molecule has 0 bridgehead atoms. The van der Waals surface area contributed by atoms with Crippen LogP contribution in [0.3, 0.4) is 0 Å². The molecule has 0 N–H and O–H groups in total. The van der Waals surface area contributed by atoms with Gasteiger partial charge in [0.1, 0.15) is 6.33 Å². The van der Waals surface area contributed by atoms with Gasteiger partial charge in [0.15, 0.2) is 5.65 Å². The van der Waals surface area contributed by atoms with E-state index in [1.807, 2.05) is 0 Å². The third kappa shape index (κ3) is 1.65. The Kier molecular flexibility index (Phi) is 2.81. The normalized spacial score (nSPS) is 14.1. The number of sulfone groups is 1. The van der Waals surface area contributed by atoms with Crippen molar-refractivity contribution in [3.05, 3.63) is 18.7 Å². The maximum Gasteiger partial charge on any atom is 0.203 e. The summed E-state index contributed by atoms with van der Waals surface area (Å²) in [6.07, 6.45) is 4.39. The van der Waals surface area contributed by atoms with Crippen LogP contribution in [0.2, 0.25) is 0 Å². The van der Waals surface area contributed by atoms with Gasteiger partial charge >= 0.3 is 0 Å². The second-order valence-electron chi connectivity index (χ2n) is 3.30. The molecule has 1 atom stereocenters. The molecule has 16 heavy (non-hydrogen) atoms. The SMILES string of the molecule is CC(CCl)S(=O)(=O)c1nccn2cnnc12. The predicted molar refractivity (Wildman–Crippen MR) is 58.1 cm³/mol. The highest BCUT2D eigenvalue weighted by Gasteiger charge is 2.27. The Bertz CT molecular complexity index is 609. The van der Waals surface area contributed by atoms with Gasteiger partial charge in [0.05, 0.1) is 5.25 Å². The van der Waals surface area contributed by atoms with Crippen LogP contribution in [0.25, 0.3) is 5.65 Å². The minimum absolute atomic E-state index is 0.0131. The Hall–Kier alpha value is -1.21. The fourth-order valence-corrected chi connectivity index (χ4v) is 2.86. The predicted octanol–water partition coefficient (Wildman–Crippen LogP) is 0.525. The highest BCUT2D eigenvalue weighted by Crippen LogP contribution is 2.17. The largest absolute Gasteiger partial charge is 0.285 e. The van der Waals surface area contributed by atoms with E-state index in [4.69, 9.17) is 11.6 Å². The van der Waals surface area contributed by atoms with Gasteiger partial charge in [0.25, 0.3) is 0 Å². The average molecular weight is 261 g/mol. The molecule has 2 heterocycles. The summed E-state index contributed by atoms with van der Waals surface area (Å²) in [5.41, 5.74) is 0.222. The lowest BCUT2D eigenvalue weighted by atomic mass is 10.6. The summed E-state index contributed by atoms with van der Waals surface area (Å²) in [5.74, 6) is 0.0131. The molecule has 0 amide bonds. The zero-order valence-corrected chi connectivity index (χ0v) is 9.98. The van der Waals surface area contributed by atoms with Crippen LogP contribution in [0.5, 0.6) is 0 Å². The van der Waals surface area contributed by atoms with Crippen molar-refractivity contribution < 1.29 is 8.42 Å². The molecule has 0 spiro atoms. The van der Waals surface area contributed by atoms with E-state index in [-0.39, 0.29) is 16.6 Å². The van der Waals surface area contributed by atoms with Crippen LogP contribution in [-0.2, 0) is 9.84 Å². The van der Waals surface area contributed by atoms with E-state index in [1.54, 1.807) is 6.20 Å². The molecule has 6 nitrogen and oxygen atoms in total. The molecule has 0 aliphatic rings. The highest BCUT2D eigenvalue weighted by molar-refractivity contribution is 7.92. The summed E-state index contributed by atoms with van der Waals surface area (Å²) in [7, 11) is -3.55. The summed E-state index contributed by atoms with van der Waals surface area (Å²) in [5, 5.41) is 6.58. The molecule has 2 aromatic rings. The van der Waals surface area contributed by atoms with Crippen molar-refractivity contribution in [3.8, 4) is 0 Å². The lowest BCUT2D eigenvalue weighted by Crippen LogP contribution is -2.21. The van der Waals surface area contributed by atoms with E-state index in [0.29, 0.717) is 0 Å². The number of alkyl halides is 1. The Balaban J connectivity index is 2.68. The first-order chi connectivity index (χ1) is 7.57. The maximum absolute atomic E-state index is 12.0. The lowest BCUT2D eigenvalue weighted by Gasteiger charge is -2.08. The summed E-state index contributed by atoms with van der Waals surface area (Å²) < 4.78 is 25.6. The van der Waals surface area contributed by atoms with Crippen molar-refractivity contribution in [2.75, 3.05) is 5.88 Å². The molecule has 1 unspecified atom stereocenters. The molecular weight excluding hydrogens is 252 g/mol. The van der Waals surface area contributed by atoms with Crippen LogP contribution in [-0.4, -0.2) is 39.1 Å². The molecule has 86 valence electrons. The van der Waals surface area contributed by atoms with Crippen LogP contribution < -0.4 is 0 Å². The van der Waals surface area contributed by atoms with Gasteiger partial charge in [-0.25, -0.2) is 13.4 Å². The van der Waals surface area contributed by atoms with Gasteiger partial charge < -0.3 is 0 Å². The van der Waals surface area contributed by atoms with E-state index in [9.17, 15) is 8.42 Å². The topological polar surface area (TPSA) is 77.2 Å². The van der Waals surface area contributed by atoms with Crippen LogP contribution in [0.4, 0.5) is 0 Å². The summed E-state index contributed by atoms with van der Waals surface area (Å²) in [6.45, 7) is 1.53. The Morgan fingerprint density at radius 2 is 2.31 bits per heavy atom. The number of fused-ring (bicyclic) bond motifs is 1. The zero-order valence-electron chi connectivity index (χ0n) is 8.41. The van der Waals surface area contributed by atoms with Gasteiger partial charge in [0, 0.05) is 18.3 Å². The van der Waals surface area contributed by atoms with E-state index >= 15 is 0 Å². The van der Waals surface area contributed by atoms with Crippen molar-refractivity contribution >= 4 is 27.1 Å². The van der Waals surface area contributed by atoms with Gasteiger partial charge in [-0.1, -0.05) is 0 Å². The number of hydrogen-bond acceptors (Lipinski definition) is 5. The molecule has 0 saturated heterocycles. The second kappa shape index (κ2) is 3.99. The minimum atomic E-state index is -3.55. The molecule has 0 fully saturated rings. The first kappa shape index (κ1) is 11.3. The van der Waals surface area contributed by atoms with E-state index in [0.717, 1.165) is 0 Å². The van der Waals surface area contributed by atoms with E-state index < -0.39 is 15.1 Å². The molecular formula is C8H9ClN4O2S. The van der Waals surface area contributed by atoms with Crippen molar-refractivity contribution in [2.45, 2.75) is 17.2 Å². The van der Waals surface area contributed by atoms with Crippen LogP contribution >= 0.6 is 11.6 Å². The number of rotatable bonds is 3. The quantitative estimate of drug-likeness (QED) is 0.752. The van der Waals surface area contributed by atoms with E-state index in [1.165, 1.54) is 23.8 Å². The first-order valence-corrected chi connectivity index (χ1v) is 6.59. The Morgan fingerprint density at radius 3 is 3.00 bits per heavy atom. The minimum Gasteiger partial charge on any atom is -0.285 e. The number of hydrogen-bond donors (Lipinski definition) is 0. The highest BCUT2D eigenvalue weighted by atomic mass is 35.5. The van der Waals surface area contributed by atoms with Crippen molar-refractivity contribution in [1.82, 2.24) is 19.6 Å². The van der Waals surface area contributed by atoms with Crippen LogP contribution in [0, 0.1) is 0 Å². The van der Waals surface area contributed by atoms with Crippen molar-refractivity contribution in [1.29, 1.82) is 0 Å².